The third-order valence-electron chi connectivity index (χ3n) is 4.26. The smallest absolute Gasteiger partial charge is 0.138 e. The van der Waals surface area contributed by atoms with Gasteiger partial charge in [0.25, 0.3) is 0 Å². The molecule has 3 aromatic rings. The van der Waals surface area contributed by atoms with Gasteiger partial charge in [-0.3, -0.25) is 0 Å². The molecule has 0 bridgehead atoms. The molecule has 26 heavy (non-hydrogen) atoms. The SMILES string of the molecule is Cc1sc(C(O)c2cncnc2Cl)cc1Cc1cc(Cl)ccc1CCN. The number of aryl methyl sites for hydroxylation is 1. The quantitative estimate of drug-likeness (QED) is 0.596. The van der Waals surface area contributed by atoms with Crippen LogP contribution in [0.2, 0.25) is 10.2 Å². The molecule has 3 N–H and O–H groups in total. The number of halogens is 2. The van der Waals surface area contributed by atoms with Crippen molar-refractivity contribution >= 4 is 34.5 Å². The molecule has 136 valence electrons. The van der Waals surface area contributed by atoms with Crippen LogP contribution in [0.3, 0.4) is 0 Å². The molecule has 0 saturated carbocycles. The van der Waals surface area contributed by atoms with Crippen LogP contribution in [0.1, 0.15) is 38.1 Å². The van der Waals surface area contributed by atoms with Crippen LogP contribution in [-0.4, -0.2) is 21.6 Å². The zero-order valence-corrected chi connectivity index (χ0v) is 16.6. The number of nitrogens with two attached hydrogens (primary N) is 1. The lowest BCUT2D eigenvalue weighted by atomic mass is 9.97. The second kappa shape index (κ2) is 8.46. The maximum atomic E-state index is 10.7. The minimum Gasteiger partial charge on any atom is -0.383 e. The van der Waals surface area contributed by atoms with E-state index in [9.17, 15) is 5.11 Å². The Morgan fingerprint density at radius 3 is 2.73 bits per heavy atom. The van der Waals surface area contributed by atoms with Crippen LogP contribution >= 0.6 is 34.5 Å². The zero-order valence-electron chi connectivity index (χ0n) is 14.2. The van der Waals surface area contributed by atoms with Crippen molar-refractivity contribution in [3.05, 3.63) is 79.0 Å². The number of aromatic nitrogens is 2. The highest BCUT2D eigenvalue weighted by Gasteiger charge is 2.19. The number of aliphatic hydroxyl groups is 1. The normalized spacial score (nSPS) is 12.3. The highest BCUT2D eigenvalue weighted by molar-refractivity contribution is 7.12. The van der Waals surface area contributed by atoms with E-state index in [2.05, 4.69) is 9.97 Å². The molecule has 0 saturated heterocycles. The minimum atomic E-state index is -0.843. The third-order valence-corrected chi connectivity index (χ3v) is 5.95. The van der Waals surface area contributed by atoms with E-state index in [1.165, 1.54) is 11.9 Å². The van der Waals surface area contributed by atoms with Gasteiger partial charge in [0.1, 0.15) is 17.6 Å². The van der Waals surface area contributed by atoms with Crippen LogP contribution in [0, 0.1) is 6.92 Å². The molecule has 0 amide bonds. The van der Waals surface area contributed by atoms with Crippen molar-refractivity contribution in [2.24, 2.45) is 5.73 Å². The van der Waals surface area contributed by atoms with Gasteiger partial charge >= 0.3 is 0 Å². The fourth-order valence-corrected chi connectivity index (χ4v) is 4.33. The Hall–Kier alpha value is -1.50. The predicted octanol–water partition coefficient (Wildman–Crippen LogP) is 4.33. The number of rotatable bonds is 6. The van der Waals surface area contributed by atoms with Gasteiger partial charge in [-0.25, -0.2) is 9.97 Å². The van der Waals surface area contributed by atoms with Gasteiger partial charge in [0.05, 0.1) is 0 Å². The molecule has 1 atom stereocenters. The summed E-state index contributed by atoms with van der Waals surface area (Å²) in [5.41, 5.74) is 9.74. The fraction of sp³-hybridized carbons (Fsp3) is 0.263. The molecule has 1 unspecified atom stereocenters. The van der Waals surface area contributed by atoms with Gasteiger partial charge in [0.2, 0.25) is 0 Å². The largest absolute Gasteiger partial charge is 0.383 e. The van der Waals surface area contributed by atoms with Crippen molar-refractivity contribution in [3.63, 3.8) is 0 Å². The second-order valence-electron chi connectivity index (χ2n) is 6.03. The maximum Gasteiger partial charge on any atom is 0.138 e. The molecule has 0 fully saturated rings. The van der Waals surface area contributed by atoms with Crippen LogP contribution in [-0.2, 0) is 12.8 Å². The number of thiophene rings is 1. The molecule has 2 aromatic heterocycles. The summed E-state index contributed by atoms with van der Waals surface area (Å²) >= 11 is 13.8. The Labute approximate surface area is 166 Å². The Bertz CT molecular complexity index is 914. The van der Waals surface area contributed by atoms with Crippen LogP contribution in [0.15, 0.2) is 36.8 Å². The summed E-state index contributed by atoms with van der Waals surface area (Å²) in [4.78, 5) is 9.85. The summed E-state index contributed by atoms with van der Waals surface area (Å²) in [6.07, 6.45) is 3.61. The Kier molecular flexibility index (Phi) is 6.27. The summed E-state index contributed by atoms with van der Waals surface area (Å²) < 4.78 is 0. The van der Waals surface area contributed by atoms with E-state index in [0.29, 0.717) is 17.1 Å². The molecule has 0 aliphatic heterocycles. The number of hydrogen-bond donors (Lipinski definition) is 2. The van der Waals surface area contributed by atoms with E-state index >= 15 is 0 Å². The summed E-state index contributed by atoms with van der Waals surface area (Å²) in [6, 6.07) is 7.93. The maximum absolute atomic E-state index is 10.7. The molecule has 3 rings (SSSR count). The van der Waals surface area contributed by atoms with Gasteiger partial charge in [-0.05, 0) is 61.2 Å². The van der Waals surface area contributed by atoms with Crippen molar-refractivity contribution in [2.75, 3.05) is 6.54 Å². The highest BCUT2D eigenvalue weighted by Crippen LogP contribution is 2.34. The first-order valence-electron chi connectivity index (χ1n) is 8.19. The standard InChI is InChI=1S/C19H19Cl2N3OS/c1-11-13(6-14-7-15(20)3-2-12(14)4-5-22)8-17(26-11)18(25)16-9-23-10-24-19(16)21/h2-3,7-10,18,25H,4-6,22H2,1H3. The molecule has 0 aliphatic carbocycles. The lowest BCUT2D eigenvalue weighted by Crippen LogP contribution is -2.05. The first-order valence-corrected chi connectivity index (χ1v) is 9.77. The minimum absolute atomic E-state index is 0.264. The van der Waals surface area contributed by atoms with E-state index in [-0.39, 0.29) is 5.15 Å². The van der Waals surface area contributed by atoms with Crippen LogP contribution < -0.4 is 5.73 Å². The summed E-state index contributed by atoms with van der Waals surface area (Å²) in [5, 5.41) is 11.6. The lowest BCUT2D eigenvalue weighted by Gasteiger charge is -2.10. The summed E-state index contributed by atoms with van der Waals surface area (Å²) in [6.45, 7) is 2.64. The monoisotopic (exact) mass is 407 g/mol. The highest BCUT2D eigenvalue weighted by atomic mass is 35.5. The topological polar surface area (TPSA) is 72.0 Å². The van der Waals surface area contributed by atoms with E-state index in [1.807, 2.05) is 31.2 Å². The average molecular weight is 408 g/mol. The van der Waals surface area contributed by atoms with Crippen molar-refractivity contribution in [2.45, 2.75) is 25.9 Å². The number of hydrogen-bond acceptors (Lipinski definition) is 5. The molecule has 0 spiro atoms. The number of aliphatic hydroxyl groups excluding tert-OH is 1. The van der Waals surface area contributed by atoms with E-state index in [4.69, 9.17) is 28.9 Å². The van der Waals surface area contributed by atoms with E-state index in [1.54, 1.807) is 17.5 Å². The van der Waals surface area contributed by atoms with Crippen LogP contribution in [0.25, 0.3) is 0 Å². The molecule has 0 aliphatic rings. The van der Waals surface area contributed by atoms with Gasteiger partial charge in [-0.1, -0.05) is 29.3 Å². The van der Waals surface area contributed by atoms with Crippen LogP contribution in [0.4, 0.5) is 0 Å². The van der Waals surface area contributed by atoms with E-state index < -0.39 is 6.10 Å². The zero-order chi connectivity index (χ0) is 18.7. The van der Waals surface area contributed by atoms with Gasteiger partial charge in [-0.2, -0.15) is 0 Å². The molecular weight excluding hydrogens is 389 g/mol. The Morgan fingerprint density at radius 2 is 2.00 bits per heavy atom. The molecule has 7 heteroatoms. The van der Waals surface area contributed by atoms with Crippen molar-refractivity contribution in [1.82, 2.24) is 9.97 Å². The average Bonchev–Trinajstić information content (AvgIpc) is 2.98. The first kappa shape index (κ1) is 19.3. The van der Waals surface area contributed by atoms with E-state index in [0.717, 1.165) is 33.7 Å². The molecule has 2 heterocycles. The third kappa shape index (κ3) is 4.24. The first-order chi connectivity index (χ1) is 12.5. The van der Waals surface area contributed by atoms with Gasteiger partial charge in [0.15, 0.2) is 0 Å². The van der Waals surface area contributed by atoms with Crippen LogP contribution in [0.5, 0.6) is 0 Å². The molecular formula is C19H19Cl2N3OS. The predicted molar refractivity (Wildman–Crippen MR) is 107 cm³/mol. The second-order valence-corrected chi connectivity index (χ2v) is 8.11. The van der Waals surface area contributed by atoms with Gasteiger partial charge in [0, 0.05) is 26.5 Å². The lowest BCUT2D eigenvalue weighted by molar-refractivity contribution is 0.223. The van der Waals surface area contributed by atoms with Gasteiger partial charge < -0.3 is 10.8 Å². The van der Waals surface area contributed by atoms with Crippen molar-refractivity contribution in [1.29, 1.82) is 0 Å². The Balaban J connectivity index is 1.90. The summed E-state index contributed by atoms with van der Waals surface area (Å²) in [7, 11) is 0. The molecule has 0 radical (unpaired) electrons. The van der Waals surface area contributed by atoms with Gasteiger partial charge in [-0.15, -0.1) is 11.3 Å². The van der Waals surface area contributed by atoms with Crippen molar-refractivity contribution in [3.8, 4) is 0 Å². The number of benzene rings is 1. The fourth-order valence-electron chi connectivity index (χ4n) is 2.88. The molecule has 1 aromatic carbocycles. The molecule has 4 nitrogen and oxygen atoms in total. The summed E-state index contributed by atoms with van der Waals surface area (Å²) in [5.74, 6) is 0. The van der Waals surface area contributed by atoms with Crippen molar-refractivity contribution < 1.29 is 5.11 Å². The number of nitrogens with zero attached hydrogens (tertiary/aromatic N) is 2. The Morgan fingerprint density at radius 1 is 1.19 bits per heavy atom.